The molecule has 2 aromatic heterocycles. The molecule has 0 aliphatic heterocycles. The second-order valence-corrected chi connectivity index (χ2v) is 8.30. The lowest BCUT2D eigenvalue weighted by atomic mass is 9.99. The molecule has 0 atom stereocenters. The number of anilines is 1. The number of nitrogens with zero attached hydrogens (tertiary/aromatic N) is 2. The maximum absolute atomic E-state index is 12.2. The molecule has 9 heteroatoms. The van der Waals surface area contributed by atoms with Gasteiger partial charge >= 0.3 is 0 Å². The number of aromatic nitrogens is 2. The smallest absolute Gasteiger partial charge is 0.253 e. The largest absolute Gasteiger partial charge is 0.402 e. The standard InChI is InChI=1S/C22H22BN4O3S.C3H8/c1-4-5-15-6-7-16(10-18(15)14(2)28)19-13-31-22(25-19)26-20(29)11-24-21(30)17-8-9-27(12-17)23-3;1-3-2/h4-10,12-13H,11H2,1-3H3,(H,24,30)(H,25,26,29);3H2,1-2H3/b5-4-;. The first-order chi connectivity index (χ1) is 16.3. The average Bonchev–Trinajstić information content (AvgIpc) is 3.48. The molecular weight excluding hydrogens is 447 g/mol. The zero-order chi connectivity index (χ0) is 25.1. The van der Waals surface area contributed by atoms with Gasteiger partial charge in [-0.15, -0.1) is 11.3 Å². The molecule has 34 heavy (non-hydrogen) atoms. The van der Waals surface area contributed by atoms with E-state index in [1.807, 2.05) is 50.8 Å². The first kappa shape index (κ1) is 26.8. The van der Waals surface area contributed by atoms with Crippen molar-refractivity contribution >= 4 is 47.6 Å². The Hall–Kier alpha value is -3.46. The fourth-order valence-corrected chi connectivity index (χ4v) is 3.68. The van der Waals surface area contributed by atoms with Crippen LogP contribution in [0.4, 0.5) is 5.13 Å². The third-order valence-electron chi connectivity index (χ3n) is 4.51. The van der Waals surface area contributed by atoms with Crippen molar-refractivity contribution in [2.75, 3.05) is 11.9 Å². The molecule has 0 saturated carbocycles. The van der Waals surface area contributed by atoms with Crippen molar-refractivity contribution in [3.63, 3.8) is 0 Å². The van der Waals surface area contributed by atoms with Gasteiger partial charge in [0, 0.05) is 22.7 Å². The van der Waals surface area contributed by atoms with Crippen molar-refractivity contribution in [3.05, 3.63) is 64.8 Å². The summed E-state index contributed by atoms with van der Waals surface area (Å²) in [6, 6.07) is 7.25. The van der Waals surface area contributed by atoms with E-state index in [4.69, 9.17) is 0 Å². The van der Waals surface area contributed by atoms with Gasteiger partial charge in [0.2, 0.25) is 13.3 Å². The third kappa shape index (κ3) is 7.55. The molecule has 0 spiro atoms. The van der Waals surface area contributed by atoms with Gasteiger partial charge in [-0.3, -0.25) is 14.4 Å². The van der Waals surface area contributed by atoms with Crippen molar-refractivity contribution in [3.8, 4) is 11.3 Å². The van der Waals surface area contributed by atoms with Gasteiger partial charge in [-0.2, -0.15) is 0 Å². The summed E-state index contributed by atoms with van der Waals surface area (Å²) in [5.74, 6) is -0.723. The fourth-order valence-electron chi connectivity index (χ4n) is 2.94. The Kier molecular flexibility index (Phi) is 10.5. The minimum absolute atomic E-state index is 0.0263. The number of hydrogen-bond donors (Lipinski definition) is 2. The molecule has 2 N–H and O–H groups in total. The average molecular weight is 477 g/mol. The van der Waals surface area contributed by atoms with Crippen molar-refractivity contribution in [1.82, 2.24) is 14.8 Å². The van der Waals surface area contributed by atoms with Crippen LogP contribution < -0.4 is 10.6 Å². The Bertz CT molecular complexity index is 1170. The summed E-state index contributed by atoms with van der Waals surface area (Å²) in [4.78, 5) is 40.7. The highest BCUT2D eigenvalue weighted by molar-refractivity contribution is 7.14. The molecule has 2 amide bonds. The highest BCUT2D eigenvalue weighted by Crippen LogP contribution is 2.27. The first-order valence-corrected chi connectivity index (χ1v) is 12.0. The van der Waals surface area contributed by atoms with Gasteiger partial charge in [0.05, 0.1) is 17.8 Å². The molecule has 3 rings (SSSR count). The van der Waals surface area contributed by atoms with E-state index in [0.29, 0.717) is 22.0 Å². The number of Topliss-reactive ketones (excluding diaryl/α,β-unsaturated/α-hetero) is 1. The van der Waals surface area contributed by atoms with E-state index >= 15 is 0 Å². The monoisotopic (exact) mass is 477 g/mol. The number of hydrogen-bond acceptors (Lipinski definition) is 5. The lowest BCUT2D eigenvalue weighted by Gasteiger charge is -2.06. The molecule has 7 nitrogen and oxygen atoms in total. The third-order valence-corrected chi connectivity index (χ3v) is 5.27. The van der Waals surface area contributed by atoms with Crippen LogP contribution >= 0.6 is 11.3 Å². The Labute approximate surface area is 205 Å². The van der Waals surface area contributed by atoms with Gasteiger partial charge in [-0.1, -0.05) is 51.4 Å². The molecule has 1 aromatic carbocycles. The summed E-state index contributed by atoms with van der Waals surface area (Å²) in [7, 11) is 1.82. The Morgan fingerprint density at radius 1 is 1.21 bits per heavy atom. The van der Waals surface area contributed by atoms with Crippen LogP contribution in [0.2, 0.25) is 6.82 Å². The maximum atomic E-state index is 12.2. The second-order valence-electron chi connectivity index (χ2n) is 7.44. The topological polar surface area (TPSA) is 93.1 Å². The Balaban J connectivity index is 0.00000129. The van der Waals surface area contributed by atoms with Crippen LogP contribution in [0, 0.1) is 0 Å². The highest BCUT2D eigenvalue weighted by Gasteiger charge is 2.13. The van der Waals surface area contributed by atoms with Gasteiger partial charge < -0.3 is 15.1 Å². The van der Waals surface area contributed by atoms with Gasteiger partial charge in [0.25, 0.3) is 5.91 Å². The van der Waals surface area contributed by atoms with Gasteiger partial charge in [0.1, 0.15) is 0 Å². The van der Waals surface area contributed by atoms with Crippen molar-refractivity contribution in [1.29, 1.82) is 0 Å². The van der Waals surface area contributed by atoms with Crippen LogP contribution in [0.1, 0.15) is 60.4 Å². The molecule has 0 bridgehead atoms. The molecular formula is C25H30BN4O3S. The van der Waals surface area contributed by atoms with Crippen LogP contribution in [0.25, 0.3) is 17.3 Å². The summed E-state index contributed by atoms with van der Waals surface area (Å²) in [6.45, 7) is 9.37. The molecule has 1 radical (unpaired) electrons. The van der Waals surface area contributed by atoms with E-state index < -0.39 is 0 Å². The predicted molar refractivity (Wildman–Crippen MR) is 141 cm³/mol. The van der Waals surface area contributed by atoms with E-state index in [9.17, 15) is 14.4 Å². The SMILES string of the molecule is CCC.C[B]n1ccc(C(=O)NCC(=O)Nc2nc(-c3ccc(/C=C\C)c(C(C)=O)c3)cs2)c1. The van der Waals surface area contributed by atoms with E-state index in [1.54, 1.807) is 29.0 Å². The predicted octanol–water partition coefficient (Wildman–Crippen LogP) is 5.15. The maximum Gasteiger partial charge on any atom is 0.253 e. The second kappa shape index (κ2) is 13.3. The summed E-state index contributed by atoms with van der Waals surface area (Å²) < 4.78 is 1.76. The molecule has 0 unspecified atom stereocenters. The van der Waals surface area contributed by atoms with Crippen LogP contribution in [0.3, 0.4) is 0 Å². The molecule has 0 fully saturated rings. The molecule has 3 aromatic rings. The highest BCUT2D eigenvalue weighted by atomic mass is 32.1. The first-order valence-electron chi connectivity index (χ1n) is 11.1. The number of carbonyl (C=O) groups is 3. The van der Waals surface area contributed by atoms with Crippen LogP contribution in [0.15, 0.2) is 48.1 Å². The number of carbonyl (C=O) groups excluding carboxylic acids is 3. The lowest BCUT2D eigenvalue weighted by Crippen LogP contribution is -2.32. The summed E-state index contributed by atoms with van der Waals surface area (Å²) in [6.07, 6.45) is 8.46. The van der Waals surface area contributed by atoms with Crippen molar-refractivity contribution in [2.45, 2.75) is 40.9 Å². The Morgan fingerprint density at radius 2 is 1.94 bits per heavy atom. The zero-order valence-electron chi connectivity index (χ0n) is 20.2. The van der Waals surface area contributed by atoms with E-state index in [1.165, 1.54) is 24.7 Å². The van der Waals surface area contributed by atoms with Crippen molar-refractivity contribution < 1.29 is 14.4 Å². The fraction of sp³-hybridized carbons (Fsp3) is 0.280. The van der Waals surface area contributed by atoms with Gasteiger partial charge in [-0.05, 0) is 37.7 Å². The molecule has 0 saturated heterocycles. The van der Waals surface area contributed by atoms with Gasteiger partial charge in [-0.25, -0.2) is 4.98 Å². The van der Waals surface area contributed by atoms with E-state index in [2.05, 4.69) is 29.5 Å². The minimum atomic E-state index is -0.372. The van der Waals surface area contributed by atoms with Gasteiger partial charge in [0.15, 0.2) is 10.9 Å². The molecule has 0 aliphatic rings. The number of amides is 2. The van der Waals surface area contributed by atoms with E-state index in [-0.39, 0.29) is 24.1 Å². The van der Waals surface area contributed by atoms with Crippen LogP contribution in [-0.2, 0) is 4.79 Å². The zero-order valence-corrected chi connectivity index (χ0v) is 21.0. The summed E-state index contributed by atoms with van der Waals surface area (Å²) in [5, 5.41) is 7.51. The Morgan fingerprint density at radius 3 is 2.56 bits per heavy atom. The number of nitrogens with one attached hydrogen (secondary N) is 2. The number of allylic oxidation sites excluding steroid dienone is 1. The normalized spacial score (nSPS) is 10.4. The summed E-state index contributed by atoms with van der Waals surface area (Å²) >= 11 is 1.28. The minimum Gasteiger partial charge on any atom is -0.402 e. The van der Waals surface area contributed by atoms with E-state index in [0.717, 1.165) is 11.1 Å². The lowest BCUT2D eigenvalue weighted by molar-refractivity contribution is -0.115. The number of benzene rings is 1. The number of ketones is 1. The van der Waals surface area contributed by atoms with Crippen LogP contribution in [-0.4, -0.2) is 41.0 Å². The quantitative estimate of drug-likeness (QED) is 0.347. The van der Waals surface area contributed by atoms with Crippen LogP contribution in [0.5, 0.6) is 0 Å². The summed E-state index contributed by atoms with van der Waals surface area (Å²) in [5.41, 5.74) is 3.40. The number of thiazole rings is 1. The van der Waals surface area contributed by atoms with Crippen molar-refractivity contribution in [2.24, 2.45) is 0 Å². The number of rotatable bonds is 8. The molecule has 177 valence electrons. The molecule has 2 heterocycles. The molecule has 0 aliphatic carbocycles.